The minimum absolute atomic E-state index is 0.174. The van der Waals surface area contributed by atoms with Crippen LogP contribution in [0.5, 0.6) is 0 Å². The van der Waals surface area contributed by atoms with Gasteiger partial charge in [-0.3, -0.25) is 4.79 Å². The molecule has 1 aromatic carbocycles. The van der Waals surface area contributed by atoms with Crippen molar-refractivity contribution < 1.29 is 23.1 Å². The minimum Gasteiger partial charge on any atom is -0.480 e. The SMILES string of the molecule is CCS(=O)(=O)C[C@H](NC(=O)C(CS)Cc1ccccc1)C(=O)O. The van der Waals surface area contributed by atoms with Crippen LogP contribution in [0.15, 0.2) is 30.3 Å². The van der Waals surface area contributed by atoms with E-state index in [0.717, 1.165) is 5.56 Å². The van der Waals surface area contributed by atoms with Crippen LogP contribution in [0, 0.1) is 5.92 Å². The summed E-state index contributed by atoms with van der Waals surface area (Å²) in [7, 11) is -3.52. The van der Waals surface area contributed by atoms with Gasteiger partial charge in [0.05, 0.1) is 11.7 Å². The number of carboxylic acid groups (broad SMARTS) is 1. The standard InChI is InChI=1S/C15H21NO5S2/c1-2-23(20,21)10-13(15(18)19)16-14(17)12(9-22)8-11-6-4-3-5-7-11/h3-7,12-13,22H,2,8-10H2,1H3,(H,16,17)(H,18,19)/t12?,13-/m0/s1. The molecule has 128 valence electrons. The second kappa shape index (κ2) is 8.93. The third-order valence-corrected chi connectivity index (χ3v) is 5.55. The van der Waals surface area contributed by atoms with Gasteiger partial charge in [-0.25, -0.2) is 13.2 Å². The lowest BCUT2D eigenvalue weighted by Crippen LogP contribution is -2.48. The Kier molecular flexibility index (Phi) is 7.57. The highest BCUT2D eigenvalue weighted by Gasteiger charge is 2.28. The molecule has 0 aliphatic heterocycles. The summed E-state index contributed by atoms with van der Waals surface area (Å²) in [4.78, 5) is 23.4. The second-order valence-electron chi connectivity index (χ2n) is 5.17. The van der Waals surface area contributed by atoms with Gasteiger partial charge >= 0.3 is 5.97 Å². The first-order valence-electron chi connectivity index (χ1n) is 7.17. The van der Waals surface area contributed by atoms with Crippen molar-refractivity contribution in [2.45, 2.75) is 19.4 Å². The van der Waals surface area contributed by atoms with Crippen LogP contribution in [-0.4, -0.2) is 48.7 Å². The van der Waals surface area contributed by atoms with E-state index in [0.29, 0.717) is 6.42 Å². The Bertz CT molecular complexity index is 631. The average Bonchev–Trinajstić information content (AvgIpc) is 2.52. The summed E-state index contributed by atoms with van der Waals surface area (Å²) in [5, 5.41) is 11.4. The van der Waals surface area contributed by atoms with Crippen LogP contribution in [0.1, 0.15) is 12.5 Å². The van der Waals surface area contributed by atoms with Crippen LogP contribution in [0.4, 0.5) is 0 Å². The molecule has 0 aromatic heterocycles. The highest BCUT2D eigenvalue weighted by Crippen LogP contribution is 2.11. The molecule has 1 amide bonds. The van der Waals surface area contributed by atoms with Crippen LogP contribution < -0.4 is 5.32 Å². The number of aliphatic carboxylic acids is 1. The van der Waals surface area contributed by atoms with E-state index < -0.39 is 39.4 Å². The summed E-state index contributed by atoms with van der Waals surface area (Å²) in [6.07, 6.45) is 0.406. The zero-order valence-electron chi connectivity index (χ0n) is 12.8. The third kappa shape index (κ3) is 6.62. The fourth-order valence-corrected chi connectivity index (χ4v) is 3.24. The fourth-order valence-electron chi connectivity index (χ4n) is 1.97. The van der Waals surface area contributed by atoms with E-state index in [-0.39, 0.29) is 11.5 Å². The Morgan fingerprint density at radius 2 is 1.87 bits per heavy atom. The minimum atomic E-state index is -3.52. The number of nitrogens with one attached hydrogen (secondary N) is 1. The first kappa shape index (κ1) is 19.5. The first-order valence-corrected chi connectivity index (χ1v) is 9.62. The monoisotopic (exact) mass is 359 g/mol. The number of benzene rings is 1. The van der Waals surface area contributed by atoms with Crippen molar-refractivity contribution in [2.75, 3.05) is 17.3 Å². The van der Waals surface area contributed by atoms with Gasteiger partial charge in [-0.05, 0) is 12.0 Å². The van der Waals surface area contributed by atoms with Gasteiger partial charge in [-0.2, -0.15) is 12.6 Å². The topological polar surface area (TPSA) is 101 Å². The summed E-state index contributed by atoms with van der Waals surface area (Å²) in [6.45, 7) is 1.43. The Labute approximate surface area is 141 Å². The van der Waals surface area contributed by atoms with Crippen molar-refractivity contribution in [3.8, 4) is 0 Å². The number of hydrogen-bond acceptors (Lipinski definition) is 5. The Morgan fingerprint density at radius 3 is 2.35 bits per heavy atom. The highest BCUT2D eigenvalue weighted by atomic mass is 32.2. The maximum absolute atomic E-state index is 12.2. The van der Waals surface area contributed by atoms with E-state index in [1.165, 1.54) is 6.92 Å². The first-order chi connectivity index (χ1) is 10.8. The highest BCUT2D eigenvalue weighted by molar-refractivity contribution is 7.91. The summed E-state index contributed by atoms with van der Waals surface area (Å²) >= 11 is 4.14. The molecule has 1 rings (SSSR count). The lowest BCUT2D eigenvalue weighted by atomic mass is 10.00. The van der Waals surface area contributed by atoms with Crippen LogP contribution in [0.3, 0.4) is 0 Å². The van der Waals surface area contributed by atoms with Gasteiger partial charge < -0.3 is 10.4 Å². The largest absolute Gasteiger partial charge is 0.480 e. The van der Waals surface area contributed by atoms with Gasteiger partial charge in [-0.1, -0.05) is 37.3 Å². The van der Waals surface area contributed by atoms with E-state index in [9.17, 15) is 18.0 Å². The molecule has 2 atom stereocenters. The van der Waals surface area contributed by atoms with Crippen LogP contribution in [0.25, 0.3) is 0 Å². The molecule has 0 saturated heterocycles. The Balaban J connectivity index is 2.77. The molecule has 6 nitrogen and oxygen atoms in total. The summed E-state index contributed by atoms with van der Waals surface area (Å²) < 4.78 is 23.2. The van der Waals surface area contributed by atoms with E-state index in [1.54, 1.807) is 0 Å². The van der Waals surface area contributed by atoms with E-state index in [2.05, 4.69) is 17.9 Å². The predicted octanol–water partition coefficient (Wildman–Crippen LogP) is 0.779. The molecule has 0 fully saturated rings. The number of hydrogen-bond donors (Lipinski definition) is 3. The molecule has 0 spiro atoms. The quantitative estimate of drug-likeness (QED) is 0.566. The zero-order valence-corrected chi connectivity index (χ0v) is 14.5. The summed E-state index contributed by atoms with van der Waals surface area (Å²) in [5.74, 6) is -2.97. The molecule has 1 aromatic rings. The third-order valence-electron chi connectivity index (χ3n) is 3.39. The molecule has 0 bridgehead atoms. The van der Waals surface area contributed by atoms with Crippen LogP contribution >= 0.6 is 12.6 Å². The number of rotatable bonds is 9. The van der Waals surface area contributed by atoms with Gasteiger partial charge in [0, 0.05) is 11.5 Å². The molecule has 0 aliphatic rings. The second-order valence-corrected chi connectivity index (χ2v) is 7.93. The normalized spacial score (nSPS) is 14.0. The zero-order chi connectivity index (χ0) is 17.5. The smallest absolute Gasteiger partial charge is 0.327 e. The van der Waals surface area contributed by atoms with E-state index in [4.69, 9.17) is 5.11 Å². The molecule has 1 unspecified atom stereocenters. The summed E-state index contributed by atoms with van der Waals surface area (Å²) in [6, 6.07) is 7.81. The number of carbonyl (C=O) groups is 2. The number of amides is 1. The molecule has 0 heterocycles. The van der Waals surface area contributed by atoms with Crippen molar-refractivity contribution in [1.82, 2.24) is 5.32 Å². The van der Waals surface area contributed by atoms with Crippen molar-refractivity contribution in [3.63, 3.8) is 0 Å². The molecule has 0 aliphatic carbocycles. The molecule has 2 N–H and O–H groups in total. The fraction of sp³-hybridized carbons (Fsp3) is 0.467. The molecule has 23 heavy (non-hydrogen) atoms. The van der Waals surface area contributed by atoms with Gasteiger partial charge in [0.2, 0.25) is 5.91 Å². The molecule has 0 radical (unpaired) electrons. The predicted molar refractivity (Wildman–Crippen MR) is 91.4 cm³/mol. The summed E-state index contributed by atoms with van der Waals surface area (Å²) in [5.41, 5.74) is 0.926. The number of sulfone groups is 1. The van der Waals surface area contributed by atoms with E-state index in [1.807, 2.05) is 30.3 Å². The average molecular weight is 359 g/mol. The molecular formula is C15H21NO5S2. The van der Waals surface area contributed by atoms with Crippen LogP contribution in [0.2, 0.25) is 0 Å². The van der Waals surface area contributed by atoms with Gasteiger partial charge in [0.25, 0.3) is 0 Å². The van der Waals surface area contributed by atoms with Gasteiger partial charge in [0.1, 0.15) is 6.04 Å². The van der Waals surface area contributed by atoms with Crippen LogP contribution in [-0.2, 0) is 25.8 Å². The molecule has 8 heteroatoms. The lowest BCUT2D eigenvalue weighted by Gasteiger charge is -2.19. The Morgan fingerprint density at radius 1 is 1.26 bits per heavy atom. The maximum Gasteiger partial charge on any atom is 0.327 e. The van der Waals surface area contributed by atoms with Crippen molar-refractivity contribution in [2.24, 2.45) is 5.92 Å². The van der Waals surface area contributed by atoms with E-state index >= 15 is 0 Å². The van der Waals surface area contributed by atoms with Gasteiger partial charge in [0.15, 0.2) is 9.84 Å². The molecule has 0 saturated carbocycles. The number of carbonyl (C=O) groups excluding carboxylic acids is 1. The van der Waals surface area contributed by atoms with Crippen molar-refractivity contribution in [3.05, 3.63) is 35.9 Å². The molecular weight excluding hydrogens is 338 g/mol. The number of carboxylic acids is 1. The number of thiol groups is 1. The lowest BCUT2D eigenvalue weighted by molar-refractivity contribution is -0.141. The Hall–Kier alpha value is -1.54. The van der Waals surface area contributed by atoms with Crippen molar-refractivity contribution in [1.29, 1.82) is 0 Å². The van der Waals surface area contributed by atoms with Crippen molar-refractivity contribution >= 4 is 34.3 Å². The van der Waals surface area contributed by atoms with Gasteiger partial charge in [-0.15, -0.1) is 0 Å². The maximum atomic E-state index is 12.2.